The third-order valence-electron chi connectivity index (χ3n) is 8.72. The molecule has 4 N–H and O–H groups in total. The SMILES string of the molecule is N=C(c1ccc(N2CCN(C3COC3)CC2)cc1)c1cc(C(=O)N[C@H](c2ccccn2)C2CCCC2)ccc1N. The quantitative estimate of drug-likeness (QED) is 0.292. The highest BCUT2D eigenvalue weighted by atomic mass is 16.5. The lowest BCUT2D eigenvalue weighted by Crippen LogP contribution is -2.56. The number of pyridine rings is 1. The van der Waals surface area contributed by atoms with E-state index in [0.717, 1.165) is 69.2 Å². The summed E-state index contributed by atoms with van der Waals surface area (Å²) in [5.74, 6) is 0.207. The van der Waals surface area contributed by atoms with E-state index in [2.05, 4.69) is 32.2 Å². The average molecular weight is 539 g/mol. The van der Waals surface area contributed by atoms with Crippen molar-refractivity contribution in [2.75, 3.05) is 50.0 Å². The minimum atomic E-state index is -0.167. The maximum absolute atomic E-state index is 13.4. The van der Waals surface area contributed by atoms with E-state index >= 15 is 0 Å². The molecular formula is C32H38N6O2. The van der Waals surface area contributed by atoms with Crippen LogP contribution in [0.4, 0.5) is 11.4 Å². The van der Waals surface area contributed by atoms with Gasteiger partial charge in [0.15, 0.2) is 0 Å². The van der Waals surface area contributed by atoms with Crippen LogP contribution >= 0.6 is 0 Å². The van der Waals surface area contributed by atoms with Crippen LogP contribution in [0.3, 0.4) is 0 Å². The molecule has 2 saturated heterocycles. The van der Waals surface area contributed by atoms with E-state index in [4.69, 9.17) is 15.9 Å². The number of nitrogens with two attached hydrogens (primary N) is 1. The molecule has 2 aliphatic heterocycles. The Balaban J connectivity index is 1.14. The predicted octanol–water partition coefficient (Wildman–Crippen LogP) is 4.26. The van der Waals surface area contributed by atoms with Gasteiger partial charge in [0.1, 0.15) is 0 Å². The summed E-state index contributed by atoms with van der Waals surface area (Å²) >= 11 is 0. The summed E-state index contributed by atoms with van der Waals surface area (Å²) in [6.07, 6.45) is 6.30. The Morgan fingerprint density at radius 3 is 2.35 bits per heavy atom. The number of carbonyl (C=O) groups is 1. The predicted molar refractivity (Wildman–Crippen MR) is 158 cm³/mol. The van der Waals surface area contributed by atoms with Gasteiger partial charge in [-0.05, 0) is 61.2 Å². The second-order valence-electron chi connectivity index (χ2n) is 11.2. The molecule has 0 unspecified atom stereocenters. The zero-order chi connectivity index (χ0) is 27.5. The van der Waals surface area contributed by atoms with Crippen LogP contribution < -0.4 is 16.0 Å². The smallest absolute Gasteiger partial charge is 0.251 e. The normalized spacial score (nSPS) is 19.2. The van der Waals surface area contributed by atoms with Gasteiger partial charge in [0.05, 0.1) is 36.7 Å². The van der Waals surface area contributed by atoms with Gasteiger partial charge < -0.3 is 20.7 Å². The second-order valence-corrected chi connectivity index (χ2v) is 11.2. The molecule has 3 heterocycles. The van der Waals surface area contributed by atoms with Crippen LogP contribution in [-0.4, -0.2) is 66.9 Å². The molecular weight excluding hydrogens is 500 g/mol. The first-order chi connectivity index (χ1) is 19.6. The number of rotatable bonds is 8. The Morgan fingerprint density at radius 2 is 1.70 bits per heavy atom. The summed E-state index contributed by atoms with van der Waals surface area (Å²) in [5.41, 5.74) is 11.0. The van der Waals surface area contributed by atoms with E-state index in [1.54, 1.807) is 24.4 Å². The van der Waals surface area contributed by atoms with Gasteiger partial charge in [-0.1, -0.05) is 31.0 Å². The summed E-state index contributed by atoms with van der Waals surface area (Å²) in [6, 6.07) is 19.6. The molecule has 8 nitrogen and oxygen atoms in total. The summed E-state index contributed by atoms with van der Waals surface area (Å²) < 4.78 is 5.35. The number of carbonyl (C=O) groups excluding carboxylic acids is 1. The molecule has 1 atom stereocenters. The van der Waals surface area contributed by atoms with E-state index < -0.39 is 0 Å². The molecule has 2 aromatic carbocycles. The summed E-state index contributed by atoms with van der Waals surface area (Å²) in [4.78, 5) is 22.9. The van der Waals surface area contributed by atoms with Crippen LogP contribution in [0.2, 0.25) is 0 Å². The monoisotopic (exact) mass is 538 g/mol. The molecule has 0 spiro atoms. The van der Waals surface area contributed by atoms with Crippen molar-refractivity contribution >= 4 is 23.0 Å². The lowest BCUT2D eigenvalue weighted by Gasteiger charge is -2.43. The molecule has 6 rings (SSSR count). The Morgan fingerprint density at radius 1 is 0.975 bits per heavy atom. The zero-order valence-electron chi connectivity index (χ0n) is 22.9. The minimum absolute atomic E-state index is 0.131. The fraction of sp³-hybridized carbons (Fsp3) is 0.406. The first kappa shape index (κ1) is 26.5. The van der Waals surface area contributed by atoms with Crippen molar-refractivity contribution in [2.45, 2.75) is 37.8 Å². The van der Waals surface area contributed by atoms with Crippen molar-refractivity contribution in [1.29, 1.82) is 5.41 Å². The molecule has 1 amide bonds. The number of piperazine rings is 1. The molecule has 1 aliphatic carbocycles. The van der Waals surface area contributed by atoms with Crippen LogP contribution in [0, 0.1) is 11.3 Å². The van der Waals surface area contributed by atoms with Crippen molar-refractivity contribution < 1.29 is 9.53 Å². The number of nitrogens with zero attached hydrogens (tertiary/aromatic N) is 3. The first-order valence-corrected chi connectivity index (χ1v) is 14.4. The number of amides is 1. The van der Waals surface area contributed by atoms with Gasteiger partial charge in [-0.25, -0.2) is 0 Å². The van der Waals surface area contributed by atoms with Crippen molar-refractivity contribution in [2.24, 2.45) is 5.92 Å². The molecule has 1 saturated carbocycles. The fourth-order valence-corrected chi connectivity index (χ4v) is 6.20. The molecule has 3 aliphatic rings. The second kappa shape index (κ2) is 11.8. The lowest BCUT2D eigenvalue weighted by molar-refractivity contribution is -0.0660. The topological polar surface area (TPSA) is 108 Å². The Kier molecular flexibility index (Phi) is 7.80. The van der Waals surface area contributed by atoms with Crippen LogP contribution in [0.25, 0.3) is 0 Å². The minimum Gasteiger partial charge on any atom is -0.398 e. The molecule has 8 heteroatoms. The number of hydrogen-bond acceptors (Lipinski definition) is 7. The van der Waals surface area contributed by atoms with Crippen molar-refractivity contribution in [1.82, 2.24) is 15.2 Å². The van der Waals surface area contributed by atoms with Crippen molar-refractivity contribution in [3.63, 3.8) is 0 Å². The van der Waals surface area contributed by atoms with Gasteiger partial charge in [0, 0.05) is 60.4 Å². The van der Waals surface area contributed by atoms with Gasteiger partial charge in [-0.2, -0.15) is 0 Å². The maximum Gasteiger partial charge on any atom is 0.251 e. The van der Waals surface area contributed by atoms with Crippen molar-refractivity contribution in [3.05, 3.63) is 89.2 Å². The first-order valence-electron chi connectivity index (χ1n) is 14.4. The molecule has 0 bridgehead atoms. The Hall–Kier alpha value is -3.75. The van der Waals surface area contributed by atoms with Gasteiger partial charge in [-0.3, -0.25) is 20.1 Å². The summed E-state index contributed by atoms with van der Waals surface area (Å²) in [6.45, 7) is 5.76. The number of benzene rings is 2. The van der Waals surface area contributed by atoms with Gasteiger partial charge in [0.25, 0.3) is 5.91 Å². The van der Waals surface area contributed by atoms with Crippen LogP contribution in [-0.2, 0) is 4.74 Å². The summed E-state index contributed by atoms with van der Waals surface area (Å²) in [5, 5.41) is 12.2. The molecule has 3 aromatic rings. The van der Waals surface area contributed by atoms with E-state index in [9.17, 15) is 4.79 Å². The van der Waals surface area contributed by atoms with E-state index in [1.807, 2.05) is 30.3 Å². The lowest BCUT2D eigenvalue weighted by atomic mass is 9.94. The number of anilines is 2. The van der Waals surface area contributed by atoms with Crippen LogP contribution in [0.5, 0.6) is 0 Å². The van der Waals surface area contributed by atoms with E-state index in [0.29, 0.717) is 34.5 Å². The Bertz CT molecular complexity index is 1330. The zero-order valence-corrected chi connectivity index (χ0v) is 22.9. The van der Waals surface area contributed by atoms with Crippen LogP contribution in [0.1, 0.15) is 58.9 Å². The standard InChI is InChI=1S/C32H38N6O2/c33-28-13-10-24(32(39)36-31(23-5-1-2-6-23)29-7-3-4-14-35-29)19-27(28)30(34)22-8-11-25(12-9-22)37-15-17-38(18-16-37)26-20-40-21-26/h3-4,7-14,19,23,26,31,34H,1-2,5-6,15-18,20-21,33H2,(H,36,39)/t31-/m0/s1. The largest absolute Gasteiger partial charge is 0.398 e. The number of nitrogens with one attached hydrogen (secondary N) is 2. The van der Waals surface area contributed by atoms with Gasteiger partial charge >= 0.3 is 0 Å². The molecule has 3 fully saturated rings. The molecule has 40 heavy (non-hydrogen) atoms. The van der Waals surface area contributed by atoms with Crippen LogP contribution in [0.15, 0.2) is 66.9 Å². The van der Waals surface area contributed by atoms with E-state index in [1.165, 1.54) is 12.8 Å². The summed E-state index contributed by atoms with van der Waals surface area (Å²) in [7, 11) is 0. The number of nitrogen functional groups attached to an aromatic ring is 1. The van der Waals surface area contributed by atoms with Gasteiger partial charge in [-0.15, -0.1) is 0 Å². The third-order valence-corrected chi connectivity index (χ3v) is 8.72. The highest BCUT2D eigenvalue weighted by Crippen LogP contribution is 2.35. The van der Waals surface area contributed by atoms with Crippen molar-refractivity contribution in [3.8, 4) is 0 Å². The number of aromatic nitrogens is 1. The maximum atomic E-state index is 13.4. The third kappa shape index (κ3) is 5.60. The highest BCUT2D eigenvalue weighted by molar-refractivity contribution is 6.15. The Labute approximate surface area is 236 Å². The average Bonchev–Trinajstić information content (AvgIpc) is 3.51. The molecule has 0 radical (unpaired) electrons. The molecule has 208 valence electrons. The number of hydrogen-bond donors (Lipinski definition) is 3. The number of ether oxygens (including phenoxy) is 1. The van der Waals surface area contributed by atoms with Gasteiger partial charge in [0.2, 0.25) is 0 Å². The fourth-order valence-electron chi connectivity index (χ4n) is 6.20. The highest BCUT2D eigenvalue weighted by Gasteiger charge is 2.30. The molecule has 1 aromatic heterocycles. The van der Waals surface area contributed by atoms with E-state index in [-0.39, 0.29) is 11.9 Å².